The van der Waals surface area contributed by atoms with Gasteiger partial charge in [0.25, 0.3) is 0 Å². The zero-order valence-electron chi connectivity index (χ0n) is 12.5. The van der Waals surface area contributed by atoms with Crippen molar-refractivity contribution in [3.05, 3.63) is 29.8 Å². The van der Waals surface area contributed by atoms with E-state index in [2.05, 4.69) is 38.1 Å². The van der Waals surface area contributed by atoms with Crippen LogP contribution in [0.3, 0.4) is 0 Å². The van der Waals surface area contributed by atoms with E-state index in [4.69, 9.17) is 10.5 Å². The lowest BCUT2D eigenvalue weighted by molar-refractivity contribution is 0.304. The van der Waals surface area contributed by atoms with E-state index in [1.165, 1.54) is 31.2 Å². The van der Waals surface area contributed by atoms with Gasteiger partial charge in [-0.2, -0.15) is 0 Å². The Balaban J connectivity index is 2.21. The van der Waals surface area contributed by atoms with Gasteiger partial charge in [0.15, 0.2) is 0 Å². The number of nitrogens with two attached hydrogens (primary N) is 1. The first-order valence-electron chi connectivity index (χ1n) is 7.73. The molecular formula is C17H29NO. The predicted octanol–water partition coefficient (Wildman–Crippen LogP) is 4.32. The molecule has 0 heterocycles. The second-order valence-electron chi connectivity index (χ2n) is 5.28. The van der Waals surface area contributed by atoms with Gasteiger partial charge in [0, 0.05) is 6.04 Å². The maximum absolute atomic E-state index is 5.95. The third-order valence-corrected chi connectivity index (χ3v) is 3.46. The molecule has 0 radical (unpaired) electrons. The van der Waals surface area contributed by atoms with Gasteiger partial charge in [0.05, 0.1) is 6.61 Å². The number of hydrogen-bond acceptors (Lipinski definition) is 2. The minimum atomic E-state index is 0.269. The van der Waals surface area contributed by atoms with Crippen molar-refractivity contribution >= 4 is 0 Å². The van der Waals surface area contributed by atoms with Crippen molar-refractivity contribution in [3.8, 4) is 5.75 Å². The van der Waals surface area contributed by atoms with E-state index >= 15 is 0 Å². The van der Waals surface area contributed by atoms with Crippen LogP contribution < -0.4 is 10.5 Å². The Morgan fingerprint density at radius 1 is 1.00 bits per heavy atom. The smallest absolute Gasteiger partial charge is 0.119 e. The standard InChI is InChI=1S/C17H29NO/c1-3-5-6-7-8-13-19-17-11-9-15(10-12-17)14-16(18)4-2/h9-12,16H,3-8,13-14,18H2,1-2H3. The average Bonchev–Trinajstić information content (AvgIpc) is 2.44. The summed E-state index contributed by atoms with van der Waals surface area (Å²) in [4.78, 5) is 0. The van der Waals surface area contributed by atoms with E-state index in [1.807, 2.05) is 0 Å². The van der Waals surface area contributed by atoms with Gasteiger partial charge in [-0.05, 0) is 37.0 Å². The molecule has 0 bridgehead atoms. The average molecular weight is 263 g/mol. The maximum atomic E-state index is 5.95. The van der Waals surface area contributed by atoms with Crippen molar-refractivity contribution in [1.29, 1.82) is 0 Å². The third-order valence-electron chi connectivity index (χ3n) is 3.46. The lowest BCUT2D eigenvalue weighted by Crippen LogP contribution is -2.21. The Morgan fingerprint density at radius 3 is 2.32 bits per heavy atom. The molecule has 0 aliphatic rings. The minimum absolute atomic E-state index is 0.269. The Bertz CT molecular complexity index is 321. The lowest BCUT2D eigenvalue weighted by Gasteiger charge is -2.10. The summed E-state index contributed by atoms with van der Waals surface area (Å²) in [5.74, 6) is 0.976. The van der Waals surface area contributed by atoms with E-state index in [0.29, 0.717) is 0 Å². The van der Waals surface area contributed by atoms with E-state index < -0.39 is 0 Å². The number of rotatable bonds is 10. The number of ether oxygens (including phenoxy) is 1. The molecule has 0 spiro atoms. The first kappa shape index (κ1) is 16.0. The summed E-state index contributed by atoms with van der Waals surface area (Å²) < 4.78 is 5.74. The molecule has 2 nitrogen and oxygen atoms in total. The molecule has 0 amide bonds. The monoisotopic (exact) mass is 263 g/mol. The summed E-state index contributed by atoms with van der Waals surface area (Å²) in [6.45, 7) is 5.20. The zero-order chi connectivity index (χ0) is 13.9. The highest BCUT2D eigenvalue weighted by Gasteiger charge is 2.01. The zero-order valence-corrected chi connectivity index (χ0v) is 12.5. The Hall–Kier alpha value is -1.02. The van der Waals surface area contributed by atoms with Gasteiger partial charge in [0.2, 0.25) is 0 Å². The first-order chi connectivity index (χ1) is 9.26. The number of unbranched alkanes of at least 4 members (excludes halogenated alkanes) is 4. The molecule has 1 aromatic carbocycles. The van der Waals surface area contributed by atoms with Crippen LogP contribution in [0.4, 0.5) is 0 Å². The normalized spacial score (nSPS) is 12.4. The van der Waals surface area contributed by atoms with Crippen LogP contribution in [0.5, 0.6) is 5.75 Å². The first-order valence-corrected chi connectivity index (χ1v) is 7.73. The van der Waals surface area contributed by atoms with E-state index in [9.17, 15) is 0 Å². The molecule has 2 heteroatoms. The highest BCUT2D eigenvalue weighted by atomic mass is 16.5. The molecule has 0 saturated carbocycles. The van der Waals surface area contributed by atoms with E-state index in [1.54, 1.807) is 0 Å². The van der Waals surface area contributed by atoms with Crippen LogP contribution in [-0.2, 0) is 6.42 Å². The molecule has 2 N–H and O–H groups in total. The van der Waals surface area contributed by atoms with E-state index in [0.717, 1.165) is 31.6 Å². The van der Waals surface area contributed by atoms with Crippen LogP contribution >= 0.6 is 0 Å². The van der Waals surface area contributed by atoms with Crippen molar-refractivity contribution in [2.75, 3.05) is 6.61 Å². The van der Waals surface area contributed by atoms with Gasteiger partial charge in [-0.25, -0.2) is 0 Å². The quantitative estimate of drug-likeness (QED) is 0.638. The molecule has 1 aromatic rings. The summed E-state index contributed by atoms with van der Waals surface area (Å²) in [5, 5.41) is 0. The topological polar surface area (TPSA) is 35.2 Å². The van der Waals surface area contributed by atoms with Gasteiger partial charge < -0.3 is 10.5 Å². The minimum Gasteiger partial charge on any atom is -0.494 e. The molecule has 0 aromatic heterocycles. The molecule has 108 valence electrons. The maximum Gasteiger partial charge on any atom is 0.119 e. The molecule has 1 atom stereocenters. The van der Waals surface area contributed by atoms with Crippen LogP contribution in [-0.4, -0.2) is 12.6 Å². The summed E-state index contributed by atoms with van der Waals surface area (Å²) >= 11 is 0. The molecule has 1 unspecified atom stereocenters. The summed E-state index contributed by atoms with van der Waals surface area (Å²) in [7, 11) is 0. The van der Waals surface area contributed by atoms with Gasteiger partial charge in [-0.1, -0.05) is 51.7 Å². The summed E-state index contributed by atoms with van der Waals surface area (Å²) in [5.41, 5.74) is 7.25. The van der Waals surface area contributed by atoms with Crippen molar-refractivity contribution in [2.45, 2.75) is 64.8 Å². The Kier molecular flexibility index (Phi) is 8.31. The van der Waals surface area contributed by atoms with Crippen LogP contribution in [0.25, 0.3) is 0 Å². The van der Waals surface area contributed by atoms with E-state index in [-0.39, 0.29) is 6.04 Å². The molecule has 0 aliphatic carbocycles. The summed E-state index contributed by atoms with van der Waals surface area (Å²) in [6.07, 6.45) is 8.37. The van der Waals surface area contributed by atoms with Gasteiger partial charge >= 0.3 is 0 Å². The highest BCUT2D eigenvalue weighted by Crippen LogP contribution is 2.14. The fraction of sp³-hybridized carbons (Fsp3) is 0.647. The van der Waals surface area contributed by atoms with Crippen molar-refractivity contribution < 1.29 is 4.74 Å². The fourth-order valence-corrected chi connectivity index (χ4v) is 2.06. The Morgan fingerprint density at radius 2 is 1.68 bits per heavy atom. The van der Waals surface area contributed by atoms with Gasteiger partial charge in [-0.15, -0.1) is 0 Å². The fourth-order valence-electron chi connectivity index (χ4n) is 2.06. The second-order valence-corrected chi connectivity index (χ2v) is 5.28. The lowest BCUT2D eigenvalue weighted by atomic mass is 10.0. The van der Waals surface area contributed by atoms with Crippen LogP contribution in [0.2, 0.25) is 0 Å². The predicted molar refractivity (Wildman–Crippen MR) is 82.7 cm³/mol. The third kappa shape index (κ3) is 7.22. The van der Waals surface area contributed by atoms with Gasteiger partial charge in [0.1, 0.15) is 5.75 Å². The Labute approximate surface area is 118 Å². The highest BCUT2D eigenvalue weighted by molar-refractivity contribution is 5.27. The SMILES string of the molecule is CCCCCCCOc1ccc(CC(N)CC)cc1. The largest absolute Gasteiger partial charge is 0.494 e. The van der Waals surface area contributed by atoms with Crippen molar-refractivity contribution in [2.24, 2.45) is 5.73 Å². The number of benzene rings is 1. The van der Waals surface area contributed by atoms with Gasteiger partial charge in [-0.3, -0.25) is 0 Å². The molecule has 1 rings (SSSR count). The molecule has 19 heavy (non-hydrogen) atoms. The van der Waals surface area contributed by atoms with Crippen molar-refractivity contribution in [3.63, 3.8) is 0 Å². The summed E-state index contributed by atoms with van der Waals surface area (Å²) in [6, 6.07) is 8.64. The second kappa shape index (κ2) is 9.85. The molecular weight excluding hydrogens is 234 g/mol. The number of hydrogen-bond donors (Lipinski definition) is 1. The van der Waals surface area contributed by atoms with Crippen LogP contribution in [0, 0.1) is 0 Å². The molecule has 0 saturated heterocycles. The van der Waals surface area contributed by atoms with Crippen molar-refractivity contribution in [1.82, 2.24) is 0 Å². The molecule has 0 aliphatic heterocycles. The van der Waals surface area contributed by atoms with Crippen LogP contribution in [0.1, 0.15) is 57.9 Å². The molecule has 0 fully saturated rings. The van der Waals surface area contributed by atoms with Crippen LogP contribution in [0.15, 0.2) is 24.3 Å².